The molecule has 9 heavy (non-hydrogen) atoms. The zero-order chi connectivity index (χ0) is 7.28. The second-order valence-electron chi connectivity index (χ2n) is 1.77. The first-order valence-corrected chi connectivity index (χ1v) is 2.77. The standard InChI is InChI=1S/C5H11FN2O/c1-4(7)5(9)8-3-2-6/h4H,2-3,7H2,1H3,(H,8,9)/t4-/m0/s1. The maximum absolute atomic E-state index is 11.4. The number of halogens is 1. The van der Waals surface area contributed by atoms with E-state index in [1.54, 1.807) is 6.92 Å². The molecule has 3 nitrogen and oxygen atoms in total. The SMILES string of the molecule is C[C@H](N)C(=O)NCCF. The summed E-state index contributed by atoms with van der Waals surface area (Å²) in [6.07, 6.45) is 0. The van der Waals surface area contributed by atoms with Gasteiger partial charge in [-0.25, -0.2) is 4.39 Å². The van der Waals surface area contributed by atoms with Crippen LogP contribution < -0.4 is 11.1 Å². The van der Waals surface area contributed by atoms with Gasteiger partial charge >= 0.3 is 0 Å². The minimum Gasteiger partial charge on any atom is -0.352 e. The molecule has 0 aliphatic carbocycles. The van der Waals surface area contributed by atoms with E-state index in [2.05, 4.69) is 5.32 Å². The van der Waals surface area contributed by atoms with Crippen LogP contribution in [0.4, 0.5) is 4.39 Å². The van der Waals surface area contributed by atoms with Crippen LogP contribution in [0, 0.1) is 0 Å². The van der Waals surface area contributed by atoms with Gasteiger partial charge in [-0.15, -0.1) is 0 Å². The fourth-order valence-corrected chi connectivity index (χ4v) is 0.331. The number of nitrogens with one attached hydrogen (secondary N) is 1. The average molecular weight is 134 g/mol. The second-order valence-corrected chi connectivity index (χ2v) is 1.77. The monoisotopic (exact) mass is 134 g/mol. The van der Waals surface area contributed by atoms with E-state index in [1.807, 2.05) is 0 Å². The summed E-state index contributed by atoms with van der Waals surface area (Å²) < 4.78 is 11.4. The minimum absolute atomic E-state index is 0.0559. The maximum atomic E-state index is 11.4. The third kappa shape index (κ3) is 3.90. The Balaban J connectivity index is 3.28. The van der Waals surface area contributed by atoms with Gasteiger partial charge in [0.2, 0.25) is 5.91 Å². The van der Waals surface area contributed by atoms with Crippen molar-refractivity contribution in [2.75, 3.05) is 13.2 Å². The quantitative estimate of drug-likeness (QED) is 0.542. The number of hydrogen-bond acceptors (Lipinski definition) is 2. The highest BCUT2D eigenvalue weighted by molar-refractivity contribution is 5.80. The second kappa shape index (κ2) is 4.26. The van der Waals surface area contributed by atoms with Gasteiger partial charge in [-0.2, -0.15) is 0 Å². The highest BCUT2D eigenvalue weighted by Gasteiger charge is 2.03. The molecule has 0 aromatic heterocycles. The normalized spacial score (nSPS) is 12.8. The van der Waals surface area contributed by atoms with Gasteiger partial charge in [0.15, 0.2) is 0 Å². The van der Waals surface area contributed by atoms with Crippen molar-refractivity contribution in [2.45, 2.75) is 13.0 Å². The van der Waals surface area contributed by atoms with Crippen molar-refractivity contribution < 1.29 is 9.18 Å². The van der Waals surface area contributed by atoms with E-state index in [0.29, 0.717) is 0 Å². The van der Waals surface area contributed by atoms with Crippen LogP contribution in [0.3, 0.4) is 0 Å². The molecule has 0 saturated carbocycles. The van der Waals surface area contributed by atoms with Crippen LogP contribution in [-0.4, -0.2) is 25.2 Å². The molecule has 0 unspecified atom stereocenters. The van der Waals surface area contributed by atoms with Crippen molar-refractivity contribution in [1.82, 2.24) is 5.32 Å². The summed E-state index contributed by atoms with van der Waals surface area (Å²) in [5.74, 6) is -0.312. The molecule has 1 atom stereocenters. The Kier molecular flexibility index (Phi) is 3.96. The third-order valence-corrected chi connectivity index (χ3v) is 0.807. The Morgan fingerprint density at radius 3 is 2.78 bits per heavy atom. The molecule has 0 aromatic carbocycles. The van der Waals surface area contributed by atoms with Crippen molar-refractivity contribution in [3.63, 3.8) is 0 Å². The van der Waals surface area contributed by atoms with Crippen molar-refractivity contribution >= 4 is 5.91 Å². The Morgan fingerprint density at radius 1 is 1.89 bits per heavy atom. The average Bonchev–Trinajstić information content (AvgIpc) is 1.82. The van der Waals surface area contributed by atoms with Crippen LogP contribution >= 0.6 is 0 Å². The van der Waals surface area contributed by atoms with Crippen molar-refractivity contribution in [2.24, 2.45) is 5.73 Å². The number of rotatable bonds is 3. The molecule has 0 heterocycles. The van der Waals surface area contributed by atoms with E-state index in [1.165, 1.54) is 0 Å². The van der Waals surface area contributed by atoms with E-state index in [0.717, 1.165) is 0 Å². The van der Waals surface area contributed by atoms with E-state index in [4.69, 9.17) is 5.73 Å². The summed E-state index contributed by atoms with van der Waals surface area (Å²) >= 11 is 0. The fourth-order valence-electron chi connectivity index (χ4n) is 0.331. The number of nitrogens with two attached hydrogens (primary N) is 1. The molecule has 0 radical (unpaired) electrons. The van der Waals surface area contributed by atoms with Gasteiger partial charge in [-0.1, -0.05) is 0 Å². The summed E-state index contributed by atoms with van der Waals surface area (Å²) in [4.78, 5) is 10.5. The number of amides is 1. The van der Waals surface area contributed by atoms with Gasteiger partial charge in [-0.3, -0.25) is 4.79 Å². The van der Waals surface area contributed by atoms with Crippen LogP contribution in [0.25, 0.3) is 0 Å². The number of hydrogen-bond donors (Lipinski definition) is 2. The molecule has 1 amide bonds. The summed E-state index contributed by atoms with van der Waals surface area (Å²) in [5, 5.41) is 2.29. The lowest BCUT2D eigenvalue weighted by molar-refractivity contribution is -0.122. The largest absolute Gasteiger partial charge is 0.352 e. The summed E-state index contributed by atoms with van der Waals surface area (Å²) in [7, 11) is 0. The van der Waals surface area contributed by atoms with Gasteiger partial charge < -0.3 is 11.1 Å². The lowest BCUT2D eigenvalue weighted by Gasteiger charge is -2.03. The molecule has 3 N–H and O–H groups in total. The first kappa shape index (κ1) is 8.36. The van der Waals surface area contributed by atoms with E-state index >= 15 is 0 Å². The molecular formula is C5H11FN2O. The van der Waals surface area contributed by atoms with E-state index in [9.17, 15) is 9.18 Å². The molecule has 0 aliphatic rings. The fraction of sp³-hybridized carbons (Fsp3) is 0.800. The molecule has 4 heteroatoms. The zero-order valence-corrected chi connectivity index (χ0v) is 5.36. The lowest BCUT2D eigenvalue weighted by Crippen LogP contribution is -2.39. The highest BCUT2D eigenvalue weighted by Crippen LogP contribution is 1.73. The van der Waals surface area contributed by atoms with Crippen LogP contribution in [0.2, 0.25) is 0 Å². The number of alkyl halides is 1. The van der Waals surface area contributed by atoms with E-state index < -0.39 is 12.7 Å². The Hall–Kier alpha value is -0.640. The van der Waals surface area contributed by atoms with Crippen LogP contribution in [-0.2, 0) is 4.79 Å². The molecule has 0 bridgehead atoms. The maximum Gasteiger partial charge on any atom is 0.236 e. The predicted molar refractivity (Wildman–Crippen MR) is 32.6 cm³/mol. The van der Waals surface area contributed by atoms with Gasteiger partial charge in [-0.05, 0) is 6.92 Å². The molecule has 0 aliphatic heterocycles. The van der Waals surface area contributed by atoms with Crippen LogP contribution in [0.1, 0.15) is 6.92 Å². The first-order chi connectivity index (χ1) is 4.18. The topological polar surface area (TPSA) is 55.1 Å². The van der Waals surface area contributed by atoms with Gasteiger partial charge in [0.05, 0.1) is 6.04 Å². The Labute approximate surface area is 53.4 Å². The first-order valence-electron chi connectivity index (χ1n) is 2.77. The minimum atomic E-state index is -0.545. The van der Waals surface area contributed by atoms with Gasteiger partial charge in [0.25, 0.3) is 0 Å². The molecule has 0 rings (SSSR count). The molecule has 0 spiro atoms. The van der Waals surface area contributed by atoms with Crippen molar-refractivity contribution in [3.05, 3.63) is 0 Å². The molecule has 0 aromatic rings. The molecular weight excluding hydrogens is 123 g/mol. The van der Waals surface area contributed by atoms with E-state index in [-0.39, 0.29) is 12.5 Å². The Morgan fingerprint density at radius 2 is 2.44 bits per heavy atom. The van der Waals surface area contributed by atoms with Gasteiger partial charge in [0, 0.05) is 6.54 Å². The smallest absolute Gasteiger partial charge is 0.236 e. The summed E-state index contributed by atoms with van der Waals surface area (Å²) in [6.45, 7) is 1.06. The number of carbonyl (C=O) groups excluding carboxylic acids is 1. The molecule has 54 valence electrons. The summed E-state index contributed by atoms with van der Waals surface area (Å²) in [5.41, 5.74) is 5.14. The predicted octanol–water partition coefficient (Wildman–Crippen LogP) is -0.581. The molecule has 0 saturated heterocycles. The highest BCUT2D eigenvalue weighted by atomic mass is 19.1. The number of carbonyl (C=O) groups is 1. The van der Waals surface area contributed by atoms with Crippen molar-refractivity contribution in [1.29, 1.82) is 0 Å². The third-order valence-electron chi connectivity index (χ3n) is 0.807. The van der Waals surface area contributed by atoms with Crippen LogP contribution in [0.5, 0.6) is 0 Å². The van der Waals surface area contributed by atoms with Gasteiger partial charge in [0.1, 0.15) is 6.67 Å². The Bertz CT molecular complexity index is 95.0. The van der Waals surface area contributed by atoms with Crippen LogP contribution in [0.15, 0.2) is 0 Å². The lowest BCUT2D eigenvalue weighted by atomic mass is 10.3. The zero-order valence-electron chi connectivity index (χ0n) is 5.36. The molecule has 0 fully saturated rings. The summed E-state index contributed by atoms with van der Waals surface area (Å²) in [6, 6.07) is -0.545. The van der Waals surface area contributed by atoms with Crippen molar-refractivity contribution in [3.8, 4) is 0 Å².